The molecule has 118 valence electrons. The average Bonchev–Trinajstić information content (AvgIpc) is 3.08. The molecule has 3 aromatic rings. The van der Waals surface area contributed by atoms with Crippen LogP contribution in [0.2, 0.25) is 5.02 Å². The lowest BCUT2D eigenvalue weighted by molar-refractivity contribution is -0.116. The summed E-state index contributed by atoms with van der Waals surface area (Å²) in [7, 11) is 0. The monoisotopic (exact) mass is 347 g/mol. The van der Waals surface area contributed by atoms with Gasteiger partial charge in [-0.15, -0.1) is 0 Å². The molecule has 3 rings (SSSR count). The molecule has 1 aromatic carbocycles. The Bertz CT molecular complexity index is 897. The number of nitrogens with zero attached hydrogens (tertiary/aromatic N) is 4. The summed E-state index contributed by atoms with van der Waals surface area (Å²) in [5, 5.41) is 7.67. The summed E-state index contributed by atoms with van der Waals surface area (Å²) in [6.07, 6.45) is 3.72. The molecule has 8 heteroatoms. The molecule has 0 radical (unpaired) electrons. The first-order valence-corrected chi connectivity index (χ1v) is 7.69. The number of benzene rings is 1. The number of halogens is 1. The van der Waals surface area contributed by atoms with E-state index in [-0.39, 0.29) is 12.5 Å². The minimum absolute atomic E-state index is 0.0282. The lowest BCUT2D eigenvalue weighted by Crippen LogP contribution is -2.20. The van der Waals surface area contributed by atoms with E-state index in [0.717, 1.165) is 0 Å². The fourth-order valence-electron chi connectivity index (χ4n) is 2.24. The Labute approximate surface area is 142 Å². The second-order valence-corrected chi connectivity index (χ2v) is 5.72. The van der Waals surface area contributed by atoms with Crippen LogP contribution in [0.25, 0.3) is 0 Å². The molecule has 0 bridgehead atoms. The van der Waals surface area contributed by atoms with E-state index in [1.807, 2.05) is 36.1 Å². The molecule has 0 saturated heterocycles. The van der Waals surface area contributed by atoms with Crippen LogP contribution in [0.4, 0.5) is 5.69 Å². The normalized spacial score (nSPS) is 10.7. The Kier molecular flexibility index (Phi) is 4.31. The summed E-state index contributed by atoms with van der Waals surface area (Å²) in [6.45, 7) is 1.86. The largest absolute Gasteiger partial charge is 0.324 e. The van der Waals surface area contributed by atoms with Gasteiger partial charge in [0.2, 0.25) is 10.7 Å². The Morgan fingerprint density at radius 3 is 2.74 bits per heavy atom. The van der Waals surface area contributed by atoms with Gasteiger partial charge in [-0.25, -0.2) is 9.36 Å². The molecule has 1 N–H and O–H groups in total. The number of carbonyl (C=O) groups excluding carboxylic acids is 1. The second kappa shape index (κ2) is 6.39. The van der Waals surface area contributed by atoms with Gasteiger partial charge in [-0.05, 0) is 49.5 Å². The highest BCUT2D eigenvalue weighted by Gasteiger charge is 2.11. The molecule has 2 aromatic heterocycles. The van der Waals surface area contributed by atoms with Gasteiger partial charge >= 0.3 is 0 Å². The van der Waals surface area contributed by atoms with Crippen molar-refractivity contribution >= 4 is 35.4 Å². The van der Waals surface area contributed by atoms with Crippen molar-refractivity contribution < 1.29 is 4.79 Å². The van der Waals surface area contributed by atoms with Crippen LogP contribution < -0.4 is 5.32 Å². The number of hydrogen-bond acceptors (Lipinski definition) is 3. The molecule has 1 amide bonds. The van der Waals surface area contributed by atoms with Crippen molar-refractivity contribution in [3.63, 3.8) is 0 Å². The molecule has 0 atom stereocenters. The van der Waals surface area contributed by atoms with Crippen LogP contribution in [0, 0.1) is 11.7 Å². The van der Waals surface area contributed by atoms with E-state index in [0.29, 0.717) is 21.3 Å². The predicted molar refractivity (Wildman–Crippen MR) is 91.1 cm³/mol. The summed E-state index contributed by atoms with van der Waals surface area (Å²) < 4.78 is 5.50. The van der Waals surface area contributed by atoms with E-state index in [1.54, 1.807) is 28.9 Å². The van der Waals surface area contributed by atoms with Crippen molar-refractivity contribution in [1.29, 1.82) is 0 Å². The van der Waals surface area contributed by atoms with Crippen LogP contribution in [0.15, 0.2) is 48.8 Å². The SMILES string of the molecule is Cc1nn(CC(=O)Nc2cccc(Cl)c2)c(=S)n1-n1cccc1. The lowest BCUT2D eigenvalue weighted by Gasteiger charge is -2.06. The Hall–Kier alpha value is -2.38. The third-order valence-electron chi connectivity index (χ3n) is 3.20. The molecule has 0 aliphatic rings. The molecule has 0 aliphatic heterocycles. The first kappa shape index (κ1) is 15.5. The van der Waals surface area contributed by atoms with Crippen molar-refractivity contribution in [1.82, 2.24) is 19.1 Å². The second-order valence-electron chi connectivity index (χ2n) is 4.92. The minimum atomic E-state index is -0.222. The van der Waals surface area contributed by atoms with Gasteiger partial charge in [0.15, 0.2) is 0 Å². The fraction of sp³-hybridized carbons (Fsp3) is 0.133. The molecular formula is C15H14ClN5OS. The van der Waals surface area contributed by atoms with Crippen molar-refractivity contribution in [3.05, 3.63) is 64.4 Å². The van der Waals surface area contributed by atoms with Crippen LogP contribution in [0.5, 0.6) is 0 Å². The Morgan fingerprint density at radius 1 is 1.30 bits per heavy atom. The molecule has 2 heterocycles. The topological polar surface area (TPSA) is 56.8 Å². The number of nitrogens with one attached hydrogen (secondary N) is 1. The van der Waals surface area contributed by atoms with Crippen molar-refractivity contribution in [3.8, 4) is 0 Å². The summed E-state index contributed by atoms with van der Waals surface area (Å²) in [4.78, 5) is 12.2. The van der Waals surface area contributed by atoms with Gasteiger partial charge < -0.3 is 5.32 Å². The standard InChI is InChI=1S/C15H14ClN5OS/c1-11-18-20(15(23)21(11)19-7-2-3-8-19)10-14(22)17-13-6-4-5-12(16)9-13/h2-9H,10H2,1H3,(H,17,22). The number of amides is 1. The molecule has 0 aliphatic carbocycles. The Morgan fingerprint density at radius 2 is 2.04 bits per heavy atom. The zero-order valence-electron chi connectivity index (χ0n) is 12.3. The highest BCUT2D eigenvalue weighted by Crippen LogP contribution is 2.15. The molecule has 23 heavy (non-hydrogen) atoms. The third-order valence-corrected chi connectivity index (χ3v) is 3.81. The highest BCUT2D eigenvalue weighted by molar-refractivity contribution is 7.71. The number of carbonyl (C=O) groups is 1. The van der Waals surface area contributed by atoms with Crippen LogP contribution >= 0.6 is 23.8 Å². The molecule has 0 fully saturated rings. The van der Waals surface area contributed by atoms with E-state index in [9.17, 15) is 4.79 Å². The maximum Gasteiger partial charge on any atom is 0.246 e. The Balaban J connectivity index is 1.80. The van der Waals surface area contributed by atoms with Gasteiger partial charge in [0.1, 0.15) is 12.4 Å². The summed E-state index contributed by atoms with van der Waals surface area (Å²) in [6, 6.07) is 10.8. The van der Waals surface area contributed by atoms with Gasteiger partial charge in [0.25, 0.3) is 0 Å². The predicted octanol–water partition coefficient (Wildman–Crippen LogP) is 3.13. The van der Waals surface area contributed by atoms with E-state index < -0.39 is 0 Å². The molecule has 0 spiro atoms. The summed E-state index contributed by atoms with van der Waals surface area (Å²) >= 11 is 11.3. The quantitative estimate of drug-likeness (QED) is 0.738. The first-order chi connectivity index (χ1) is 11.0. The van der Waals surface area contributed by atoms with Gasteiger partial charge in [-0.2, -0.15) is 5.10 Å². The van der Waals surface area contributed by atoms with Gasteiger partial charge in [-0.1, -0.05) is 17.7 Å². The summed E-state index contributed by atoms with van der Waals surface area (Å²) in [5.41, 5.74) is 0.635. The average molecular weight is 348 g/mol. The van der Waals surface area contributed by atoms with Gasteiger partial charge in [0, 0.05) is 23.1 Å². The van der Waals surface area contributed by atoms with Crippen LogP contribution in [-0.2, 0) is 11.3 Å². The number of aromatic nitrogens is 4. The van der Waals surface area contributed by atoms with Crippen LogP contribution in [0.3, 0.4) is 0 Å². The van der Waals surface area contributed by atoms with E-state index in [4.69, 9.17) is 23.8 Å². The van der Waals surface area contributed by atoms with E-state index in [2.05, 4.69) is 10.4 Å². The fourth-order valence-corrected chi connectivity index (χ4v) is 2.76. The first-order valence-electron chi connectivity index (χ1n) is 6.90. The lowest BCUT2D eigenvalue weighted by atomic mass is 10.3. The van der Waals surface area contributed by atoms with Gasteiger partial charge in [-0.3, -0.25) is 9.47 Å². The number of anilines is 1. The van der Waals surface area contributed by atoms with Crippen LogP contribution in [0.1, 0.15) is 5.82 Å². The highest BCUT2D eigenvalue weighted by atomic mass is 35.5. The maximum atomic E-state index is 12.2. The molecule has 0 saturated carbocycles. The third kappa shape index (κ3) is 3.35. The van der Waals surface area contributed by atoms with Crippen molar-refractivity contribution in [2.45, 2.75) is 13.5 Å². The number of aryl methyl sites for hydroxylation is 1. The minimum Gasteiger partial charge on any atom is -0.324 e. The van der Waals surface area contributed by atoms with Crippen LogP contribution in [-0.4, -0.2) is 25.0 Å². The van der Waals surface area contributed by atoms with Crippen molar-refractivity contribution in [2.75, 3.05) is 5.32 Å². The number of hydrogen-bond donors (Lipinski definition) is 1. The maximum absolute atomic E-state index is 12.2. The van der Waals surface area contributed by atoms with E-state index in [1.165, 1.54) is 4.68 Å². The smallest absolute Gasteiger partial charge is 0.246 e. The molecule has 0 unspecified atom stereocenters. The van der Waals surface area contributed by atoms with Crippen molar-refractivity contribution in [2.24, 2.45) is 0 Å². The molecule has 6 nitrogen and oxygen atoms in total. The zero-order valence-corrected chi connectivity index (χ0v) is 13.9. The number of rotatable bonds is 4. The molecular weight excluding hydrogens is 334 g/mol. The summed E-state index contributed by atoms with van der Waals surface area (Å²) in [5.74, 6) is 0.474. The zero-order chi connectivity index (χ0) is 16.4. The van der Waals surface area contributed by atoms with Gasteiger partial charge in [0.05, 0.1) is 0 Å². The van der Waals surface area contributed by atoms with E-state index >= 15 is 0 Å².